The maximum atomic E-state index is 12.3. The van der Waals surface area contributed by atoms with Gasteiger partial charge in [0.2, 0.25) is 0 Å². The van der Waals surface area contributed by atoms with Gasteiger partial charge in [0.05, 0.1) is 23.1 Å². The zero-order chi connectivity index (χ0) is 17.4. The van der Waals surface area contributed by atoms with Crippen molar-refractivity contribution < 1.29 is 18.3 Å². The van der Waals surface area contributed by atoms with E-state index in [-0.39, 0.29) is 17.4 Å². The number of hydrazone groups is 1. The third-order valence-corrected chi connectivity index (χ3v) is 2.99. The number of nitrogens with two attached hydrogens (primary N) is 1. The summed E-state index contributed by atoms with van der Waals surface area (Å²) in [6, 6.07) is 7.66. The minimum absolute atomic E-state index is 0.0573. The Balaban J connectivity index is 2.02. The van der Waals surface area contributed by atoms with Crippen molar-refractivity contribution in [3.05, 3.63) is 47.7 Å². The first-order valence-corrected chi connectivity index (χ1v) is 7.04. The number of pyridine rings is 1. The number of aromatic nitrogens is 1. The summed E-state index contributed by atoms with van der Waals surface area (Å²) in [5.41, 5.74) is 0.683. The number of alkyl halides is 2. The summed E-state index contributed by atoms with van der Waals surface area (Å²) in [6.45, 7) is -2.91. The molecule has 0 fully saturated rings. The van der Waals surface area contributed by atoms with Crippen LogP contribution in [0.1, 0.15) is 0 Å². The molecule has 1 aromatic carbocycles. The van der Waals surface area contributed by atoms with Crippen LogP contribution in [0.2, 0.25) is 5.02 Å². The largest absolute Gasteiger partial charge is 0.486 e. The highest BCUT2D eigenvalue weighted by atomic mass is 35.5. The minimum atomic E-state index is -2.98. The van der Waals surface area contributed by atoms with Gasteiger partial charge < -0.3 is 15.3 Å². The minimum Gasteiger partial charge on any atom is -0.486 e. The fourth-order valence-electron chi connectivity index (χ4n) is 1.61. The fourth-order valence-corrected chi connectivity index (χ4v) is 1.77. The Morgan fingerprint density at radius 3 is 2.88 bits per heavy atom. The van der Waals surface area contributed by atoms with Crippen molar-refractivity contribution in [3.8, 4) is 11.5 Å². The molecule has 126 valence electrons. The van der Waals surface area contributed by atoms with E-state index >= 15 is 0 Å². The quantitative estimate of drug-likeness (QED) is 0.469. The average Bonchev–Trinajstić information content (AvgIpc) is 2.58. The van der Waals surface area contributed by atoms with E-state index in [9.17, 15) is 8.78 Å². The summed E-state index contributed by atoms with van der Waals surface area (Å²) in [7, 11) is 0. The Kier molecular flexibility index (Phi) is 6.44. The molecule has 6 nitrogen and oxygen atoms in total. The molecule has 0 radical (unpaired) electrons. The van der Waals surface area contributed by atoms with Gasteiger partial charge in [-0.15, -0.1) is 0 Å². The molecular weight excluding hydrogens is 342 g/mol. The normalized spacial score (nSPS) is 11.9. The first-order valence-electron chi connectivity index (χ1n) is 6.66. The first-order chi connectivity index (χ1) is 11.6. The molecule has 2 rings (SSSR count). The number of hydrogen-bond acceptors (Lipinski definition) is 6. The van der Waals surface area contributed by atoms with Crippen LogP contribution in [-0.4, -0.2) is 30.1 Å². The topological polar surface area (TPSA) is 82.1 Å². The molecule has 0 aliphatic heterocycles. The van der Waals surface area contributed by atoms with E-state index in [0.29, 0.717) is 17.1 Å². The van der Waals surface area contributed by atoms with Crippen LogP contribution < -0.4 is 15.3 Å². The second-order valence-corrected chi connectivity index (χ2v) is 4.76. The van der Waals surface area contributed by atoms with Crippen molar-refractivity contribution >= 4 is 29.2 Å². The predicted molar refractivity (Wildman–Crippen MR) is 87.6 cm³/mol. The average molecular weight is 355 g/mol. The molecule has 1 heterocycles. The molecule has 1 aromatic heterocycles. The van der Waals surface area contributed by atoms with Crippen LogP contribution in [0, 0.1) is 0 Å². The molecule has 0 atom stereocenters. The third-order valence-electron chi connectivity index (χ3n) is 2.68. The van der Waals surface area contributed by atoms with E-state index in [1.165, 1.54) is 24.4 Å². The van der Waals surface area contributed by atoms with Gasteiger partial charge in [-0.25, -0.2) is 0 Å². The lowest BCUT2D eigenvalue weighted by molar-refractivity contribution is -0.0497. The molecule has 0 aliphatic carbocycles. The maximum Gasteiger partial charge on any atom is 0.387 e. The highest BCUT2D eigenvalue weighted by Gasteiger charge is 2.09. The van der Waals surface area contributed by atoms with Crippen LogP contribution >= 0.6 is 11.6 Å². The molecule has 2 aromatic rings. The van der Waals surface area contributed by atoms with Gasteiger partial charge in [0.15, 0.2) is 0 Å². The summed E-state index contributed by atoms with van der Waals surface area (Å²) >= 11 is 5.77. The summed E-state index contributed by atoms with van der Waals surface area (Å²) in [4.78, 5) is 7.99. The summed E-state index contributed by atoms with van der Waals surface area (Å²) in [5, 5.41) is 3.61. The number of aliphatic imine (C=N–C) groups is 1. The molecule has 0 spiro atoms. The molecule has 9 heteroatoms. The smallest absolute Gasteiger partial charge is 0.387 e. The van der Waals surface area contributed by atoms with Crippen LogP contribution in [0.5, 0.6) is 11.5 Å². The SMILES string of the molecule is NN=C(C=Nc1ccc(Cl)c(OC(F)F)c1)COc1cccnc1. The van der Waals surface area contributed by atoms with Gasteiger partial charge in [0, 0.05) is 12.3 Å². The lowest BCUT2D eigenvalue weighted by Gasteiger charge is -2.07. The molecule has 0 unspecified atom stereocenters. The summed E-state index contributed by atoms with van der Waals surface area (Å²) in [6.07, 6.45) is 4.51. The van der Waals surface area contributed by atoms with Crippen LogP contribution in [0.15, 0.2) is 52.8 Å². The predicted octanol–water partition coefficient (Wildman–Crippen LogP) is 3.43. The van der Waals surface area contributed by atoms with E-state index in [2.05, 4.69) is 19.8 Å². The van der Waals surface area contributed by atoms with Crippen LogP contribution in [-0.2, 0) is 0 Å². The van der Waals surface area contributed by atoms with Gasteiger partial charge in [0.1, 0.15) is 23.8 Å². The molecule has 2 N–H and O–H groups in total. The van der Waals surface area contributed by atoms with Crippen molar-refractivity contribution in [1.29, 1.82) is 0 Å². The Hall–Kier alpha value is -2.74. The molecule has 0 aliphatic rings. The molecule has 0 bridgehead atoms. The number of hydrogen-bond donors (Lipinski definition) is 1. The van der Waals surface area contributed by atoms with Gasteiger partial charge >= 0.3 is 6.61 Å². The van der Waals surface area contributed by atoms with E-state index < -0.39 is 6.61 Å². The summed E-state index contributed by atoms with van der Waals surface area (Å²) < 4.78 is 34.3. The van der Waals surface area contributed by atoms with Crippen molar-refractivity contribution in [2.45, 2.75) is 6.61 Å². The maximum absolute atomic E-state index is 12.3. The highest BCUT2D eigenvalue weighted by molar-refractivity contribution is 6.32. The van der Waals surface area contributed by atoms with E-state index in [1.807, 2.05) is 0 Å². The molecule has 0 amide bonds. The van der Waals surface area contributed by atoms with Gasteiger partial charge in [0.25, 0.3) is 0 Å². The molecule has 0 saturated carbocycles. The molecule has 24 heavy (non-hydrogen) atoms. The van der Waals surface area contributed by atoms with Crippen LogP contribution in [0.4, 0.5) is 14.5 Å². The molecular formula is C15H13ClF2N4O2. The number of benzene rings is 1. The second-order valence-electron chi connectivity index (χ2n) is 4.35. The summed E-state index contributed by atoms with van der Waals surface area (Å²) in [5.74, 6) is 5.66. The number of nitrogens with zero attached hydrogens (tertiary/aromatic N) is 3. The number of ether oxygens (including phenoxy) is 2. The lowest BCUT2D eigenvalue weighted by Crippen LogP contribution is -2.15. The zero-order valence-corrected chi connectivity index (χ0v) is 13.0. The fraction of sp³-hybridized carbons (Fsp3) is 0.133. The molecule has 0 saturated heterocycles. The zero-order valence-electron chi connectivity index (χ0n) is 12.3. The van der Waals surface area contributed by atoms with Crippen molar-refractivity contribution in [1.82, 2.24) is 4.98 Å². The third kappa shape index (κ3) is 5.47. The lowest BCUT2D eigenvalue weighted by atomic mass is 10.3. The highest BCUT2D eigenvalue weighted by Crippen LogP contribution is 2.30. The van der Waals surface area contributed by atoms with E-state index in [0.717, 1.165) is 0 Å². The monoisotopic (exact) mass is 354 g/mol. The Morgan fingerprint density at radius 1 is 1.38 bits per heavy atom. The van der Waals surface area contributed by atoms with Gasteiger partial charge in [-0.1, -0.05) is 11.6 Å². The second kappa shape index (κ2) is 8.78. The van der Waals surface area contributed by atoms with Crippen molar-refractivity contribution in [2.75, 3.05) is 6.61 Å². The van der Waals surface area contributed by atoms with E-state index in [1.54, 1.807) is 24.5 Å². The Bertz CT molecular complexity index is 727. The van der Waals surface area contributed by atoms with Gasteiger partial charge in [-0.05, 0) is 24.3 Å². The van der Waals surface area contributed by atoms with Crippen LogP contribution in [0.25, 0.3) is 0 Å². The van der Waals surface area contributed by atoms with E-state index in [4.69, 9.17) is 22.2 Å². The van der Waals surface area contributed by atoms with Crippen molar-refractivity contribution in [2.24, 2.45) is 15.9 Å². The number of halogens is 3. The standard InChI is InChI=1S/C15H13ClF2N4O2/c16-13-4-3-10(6-14(13)24-15(17)18)21-7-11(22-19)9-23-12-2-1-5-20-8-12/h1-8,15H,9,19H2. The van der Waals surface area contributed by atoms with Crippen LogP contribution in [0.3, 0.4) is 0 Å². The Morgan fingerprint density at radius 2 is 2.21 bits per heavy atom. The first kappa shape index (κ1) is 17.6. The number of rotatable bonds is 7. The van der Waals surface area contributed by atoms with Gasteiger partial charge in [-0.2, -0.15) is 13.9 Å². The Labute approximate surface area is 141 Å². The van der Waals surface area contributed by atoms with Crippen molar-refractivity contribution in [3.63, 3.8) is 0 Å². The van der Waals surface area contributed by atoms with Gasteiger partial charge in [-0.3, -0.25) is 9.98 Å².